The minimum Gasteiger partial charge on any atom is -0.481 e. The topological polar surface area (TPSA) is 77.9 Å². The zero-order valence-electron chi connectivity index (χ0n) is 11.3. The zero-order chi connectivity index (χ0) is 14.7. The van der Waals surface area contributed by atoms with Crippen molar-refractivity contribution >= 4 is 17.8 Å². The van der Waals surface area contributed by atoms with E-state index in [1.807, 2.05) is 0 Å². The number of carbonyl (C=O) groups excluding carboxylic acids is 2. The van der Waals surface area contributed by atoms with E-state index in [-0.39, 0.29) is 24.9 Å². The third-order valence-corrected chi connectivity index (χ3v) is 4.04. The van der Waals surface area contributed by atoms with Crippen LogP contribution in [-0.2, 0) is 14.4 Å². The first-order valence-electron chi connectivity index (χ1n) is 6.91. The fourth-order valence-corrected chi connectivity index (χ4v) is 2.68. The lowest BCUT2D eigenvalue weighted by Crippen LogP contribution is -2.60. The maximum absolute atomic E-state index is 12.4. The molecule has 2 fully saturated rings. The average molecular weight is 286 g/mol. The van der Waals surface area contributed by atoms with Crippen LogP contribution in [0.1, 0.15) is 25.7 Å². The Hall–Kier alpha value is -1.66. The summed E-state index contributed by atoms with van der Waals surface area (Å²) in [6, 6.07) is -0.985. The van der Waals surface area contributed by atoms with E-state index in [0.717, 1.165) is 19.3 Å². The third kappa shape index (κ3) is 2.91. The molecule has 0 aromatic rings. The van der Waals surface area contributed by atoms with Gasteiger partial charge in [-0.25, -0.2) is 4.39 Å². The Morgan fingerprint density at radius 2 is 2.00 bits per heavy atom. The largest absolute Gasteiger partial charge is 0.481 e. The molecular weight excluding hydrogens is 267 g/mol. The number of hydrogen-bond acceptors (Lipinski definition) is 3. The van der Waals surface area contributed by atoms with Crippen LogP contribution < -0.4 is 0 Å². The second-order valence-corrected chi connectivity index (χ2v) is 5.29. The number of carbonyl (C=O) groups is 3. The van der Waals surface area contributed by atoms with E-state index in [0.29, 0.717) is 6.54 Å². The molecule has 0 aromatic carbocycles. The van der Waals surface area contributed by atoms with E-state index in [9.17, 15) is 18.8 Å². The van der Waals surface area contributed by atoms with Crippen LogP contribution in [0.5, 0.6) is 0 Å². The number of piperazine rings is 1. The van der Waals surface area contributed by atoms with E-state index in [2.05, 4.69) is 0 Å². The standard InChI is InChI=1S/C13H19FN2O4/c14-4-5-15-6-7-16(12(19)9-2-1-3-9)10(13(15)20)8-11(17)18/h9-10H,1-8H2,(H,17,18). The first-order chi connectivity index (χ1) is 9.54. The quantitative estimate of drug-likeness (QED) is 0.787. The van der Waals surface area contributed by atoms with Crippen molar-refractivity contribution in [2.45, 2.75) is 31.7 Å². The van der Waals surface area contributed by atoms with Gasteiger partial charge in [-0.05, 0) is 12.8 Å². The minimum atomic E-state index is -1.13. The van der Waals surface area contributed by atoms with Gasteiger partial charge in [0.15, 0.2) is 0 Å². The maximum Gasteiger partial charge on any atom is 0.305 e. The molecule has 2 rings (SSSR count). The highest BCUT2D eigenvalue weighted by Gasteiger charge is 2.41. The molecule has 6 nitrogen and oxygen atoms in total. The number of amides is 2. The monoisotopic (exact) mass is 286 g/mol. The number of halogens is 1. The van der Waals surface area contributed by atoms with Gasteiger partial charge < -0.3 is 14.9 Å². The lowest BCUT2D eigenvalue weighted by molar-refractivity contribution is -0.158. The summed E-state index contributed by atoms with van der Waals surface area (Å²) >= 11 is 0. The van der Waals surface area contributed by atoms with Crippen molar-refractivity contribution in [3.05, 3.63) is 0 Å². The molecule has 112 valence electrons. The molecule has 2 amide bonds. The van der Waals surface area contributed by atoms with Crippen molar-refractivity contribution in [1.82, 2.24) is 9.80 Å². The number of rotatable bonds is 5. The van der Waals surface area contributed by atoms with Crippen LogP contribution in [0.15, 0.2) is 0 Å². The second-order valence-electron chi connectivity index (χ2n) is 5.29. The highest BCUT2D eigenvalue weighted by Crippen LogP contribution is 2.30. The molecule has 1 aliphatic carbocycles. The molecule has 1 heterocycles. The Kier molecular flexibility index (Phi) is 4.57. The molecule has 1 unspecified atom stereocenters. The number of nitrogens with zero attached hydrogens (tertiary/aromatic N) is 2. The highest BCUT2D eigenvalue weighted by molar-refractivity contribution is 5.92. The van der Waals surface area contributed by atoms with E-state index < -0.39 is 31.0 Å². The Balaban J connectivity index is 2.11. The van der Waals surface area contributed by atoms with Gasteiger partial charge in [0.1, 0.15) is 12.7 Å². The SMILES string of the molecule is O=C(O)CC1C(=O)N(CCF)CCN1C(=O)C1CCC1. The normalized spacial score (nSPS) is 23.6. The molecule has 7 heteroatoms. The lowest BCUT2D eigenvalue weighted by Gasteiger charge is -2.42. The van der Waals surface area contributed by atoms with Crippen molar-refractivity contribution in [3.8, 4) is 0 Å². The summed E-state index contributed by atoms with van der Waals surface area (Å²) in [5.74, 6) is -1.79. The molecule has 1 saturated heterocycles. The Bertz CT molecular complexity index is 411. The molecule has 2 aliphatic rings. The first-order valence-corrected chi connectivity index (χ1v) is 6.91. The van der Waals surface area contributed by atoms with Gasteiger partial charge >= 0.3 is 5.97 Å². The average Bonchev–Trinajstić information content (AvgIpc) is 2.31. The molecule has 0 bridgehead atoms. The van der Waals surface area contributed by atoms with Crippen LogP contribution in [0.3, 0.4) is 0 Å². The predicted octanol–water partition coefficient (Wildman–Crippen LogP) is 0.270. The van der Waals surface area contributed by atoms with Gasteiger partial charge in [-0.1, -0.05) is 6.42 Å². The van der Waals surface area contributed by atoms with Crippen LogP contribution in [0.4, 0.5) is 4.39 Å². The molecule has 1 saturated carbocycles. The minimum absolute atomic E-state index is 0.0413. The summed E-state index contributed by atoms with van der Waals surface area (Å²) in [5.41, 5.74) is 0. The smallest absolute Gasteiger partial charge is 0.305 e. The van der Waals surface area contributed by atoms with Crippen LogP contribution in [0.25, 0.3) is 0 Å². The molecule has 0 radical (unpaired) electrons. The van der Waals surface area contributed by atoms with E-state index >= 15 is 0 Å². The van der Waals surface area contributed by atoms with E-state index in [1.54, 1.807) is 0 Å². The molecule has 0 spiro atoms. The number of carboxylic acids is 1. The number of aliphatic carboxylic acids is 1. The molecule has 0 aromatic heterocycles. The van der Waals surface area contributed by atoms with Crippen molar-refractivity contribution in [1.29, 1.82) is 0 Å². The Morgan fingerprint density at radius 1 is 1.30 bits per heavy atom. The van der Waals surface area contributed by atoms with Crippen LogP contribution in [0, 0.1) is 5.92 Å². The highest BCUT2D eigenvalue weighted by atomic mass is 19.1. The molecule has 1 atom stereocenters. The van der Waals surface area contributed by atoms with Gasteiger partial charge in [0.05, 0.1) is 6.42 Å². The van der Waals surface area contributed by atoms with Gasteiger partial charge in [0.2, 0.25) is 11.8 Å². The Morgan fingerprint density at radius 3 is 2.50 bits per heavy atom. The summed E-state index contributed by atoms with van der Waals surface area (Å²) in [6.45, 7) is -0.140. The summed E-state index contributed by atoms with van der Waals surface area (Å²) in [4.78, 5) is 38.1. The molecule has 1 aliphatic heterocycles. The summed E-state index contributed by atoms with van der Waals surface area (Å²) < 4.78 is 12.4. The Labute approximate surface area is 116 Å². The number of hydrogen-bond donors (Lipinski definition) is 1. The van der Waals surface area contributed by atoms with Gasteiger partial charge in [-0.15, -0.1) is 0 Å². The summed E-state index contributed by atoms with van der Waals surface area (Å²) in [6.07, 6.45) is 2.19. The first kappa shape index (κ1) is 14.7. The predicted molar refractivity (Wildman–Crippen MR) is 67.6 cm³/mol. The van der Waals surface area contributed by atoms with Gasteiger partial charge in [0, 0.05) is 25.6 Å². The number of carboxylic acid groups (broad SMARTS) is 1. The van der Waals surface area contributed by atoms with Crippen molar-refractivity contribution in [2.75, 3.05) is 26.3 Å². The van der Waals surface area contributed by atoms with E-state index in [1.165, 1.54) is 9.80 Å². The van der Waals surface area contributed by atoms with Crippen molar-refractivity contribution in [3.63, 3.8) is 0 Å². The van der Waals surface area contributed by atoms with Crippen LogP contribution in [0.2, 0.25) is 0 Å². The fourth-order valence-electron chi connectivity index (χ4n) is 2.68. The van der Waals surface area contributed by atoms with Crippen molar-refractivity contribution < 1.29 is 23.9 Å². The number of alkyl halides is 1. The fraction of sp³-hybridized carbons (Fsp3) is 0.769. The lowest BCUT2D eigenvalue weighted by atomic mass is 9.83. The van der Waals surface area contributed by atoms with Gasteiger partial charge in [0.25, 0.3) is 0 Å². The third-order valence-electron chi connectivity index (χ3n) is 4.04. The molecular formula is C13H19FN2O4. The zero-order valence-corrected chi connectivity index (χ0v) is 11.3. The van der Waals surface area contributed by atoms with Crippen LogP contribution in [-0.4, -0.2) is 65.0 Å². The molecule has 1 N–H and O–H groups in total. The maximum atomic E-state index is 12.4. The van der Waals surface area contributed by atoms with Gasteiger partial charge in [-0.2, -0.15) is 0 Å². The van der Waals surface area contributed by atoms with Crippen molar-refractivity contribution in [2.24, 2.45) is 5.92 Å². The molecule has 20 heavy (non-hydrogen) atoms. The van der Waals surface area contributed by atoms with E-state index in [4.69, 9.17) is 5.11 Å². The second kappa shape index (κ2) is 6.19. The van der Waals surface area contributed by atoms with Crippen LogP contribution >= 0.6 is 0 Å². The summed E-state index contributed by atoms with van der Waals surface area (Å²) in [7, 11) is 0. The van der Waals surface area contributed by atoms with Gasteiger partial charge in [-0.3, -0.25) is 14.4 Å². The summed E-state index contributed by atoms with van der Waals surface area (Å²) in [5, 5.41) is 8.93.